The summed E-state index contributed by atoms with van der Waals surface area (Å²) in [5.74, 6) is 1.92. The van der Waals surface area contributed by atoms with Gasteiger partial charge in [0, 0.05) is 37.3 Å². The Bertz CT molecular complexity index is 309. The highest BCUT2D eigenvalue weighted by Gasteiger charge is 2.08. The topological polar surface area (TPSA) is 16.1 Å². The number of hydrogen-bond donors (Lipinski definition) is 0. The van der Waals surface area contributed by atoms with E-state index in [-0.39, 0.29) is 0 Å². The molecule has 1 aromatic heterocycles. The van der Waals surface area contributed by atoms with E-state index in [9.17, 15) is 0 Å². The third-order valence-corrected chi connectivity index (χ3v) is 3.20. The van der Waals surface area contributed by atoms with Crippen LogP contribution in [-0.2, 0) is 6.54 Å². The molecule has 0 bridgehead atoms. The molecule has 0 fully saturated rings. The zero-order valence-electron chi connectivity index (χ0n) is 11.4. The van der Waals surface area contributed by atoms with Gasteiger partial charge in [-0.2, -0.15) is 11.8 Å². The van der Waals surface area contributed by atoms with Crippen molar-refractivity contribution in [2.24, 2.45) is 5.92 Å². The summed E-state index contributed by atoms with van der Waals surface area (Å²) in [4.78, 5) is 6.88. The largest absolute Gasteiger partial charge is 0.298 e. The van der Waals surface area contributed by atoms with Gasteiger partial charge in [0.2, 0.25) is 0 Å². The molecule has 1 aromatic rings. The number of nitrogens with zero attached hydrogens (tertiary/aromatic N) is 2. The van der Waals surface area contributed by atoms with E-state index in [1.165, 1.54) is 11.3 Å². The highest BCUT2D eigenvalue weighted by atomic mass is 32.2. The van der Waals surface area contributed by atoms with Crippen LogP contribution in [0.4, 0.5) is 0 Å². The molecule has 1 heterocycles. The van der Waals surface area contributed by atoms with Crippen molar-refractivity contribution in [1.82, 2.24) is 9.88 Å². The molecule has 2 nitrogen and oxygen atoms in total. The van der Waals surface area contributed by atoms with Crippen molar-refractivity contribution in [3.8, 4) is 0 Å². The van der Waals surface area contributed by atoms with Gasteiger partial charge in [-0.05, 0) is 30.7 Å². The maximum absolute atomic E-state index is 4.36. The minimum Gasteiger partial charge on any atom is -0.298 e. The second-order valence-electron chi connectivity index (χ2n) is 4.93. The molecule has 0 amide bonds. The monoisotopic (exact) mass is 252 g/mol. The fourth-order valence-electron chi connectivity index (χ4n) is 1.82. The first-order chi connectivity index (χ1) is 8.11. The zero-order chi connectivity index (χ0) is 12.7. The van der Waals surface area contributed by atoms with Gasteiger partial charge in [0.15, 0.2) is 0 Å². The molecule has 1 rings (SSSR count). The van der Waals surface area contributed by atoms with Gasteiger partial charge in [-0.25, -0.2) is 0 Å². The van der Waals surface area contributed by atoms with Crippen LogP contribution in [0.1, 0.15) is 25.1 Å². The SMILES string of the molecule is CSCCN(Cc1ccc(C)nc1)CC(C)C. The van der Waals surface area contributed by atoms with Gasteiger partial charge in [-0.1, -0.05) is 19.9 Å². The molecule has 0 saturated carbocycles. The fourth-order valence-corrected chi connectivity index (χ4v) is 2.26. The Hall–Kier alpha value is -0.540. The molecule has 17 heavy (non-hydrogen) atoms. The fraction of sp³-hybridized carbons (Fsp3) is 0.643. The lowest BCUT2D eigenvalue weighted by Gasteiger charge is -2.23. The number of thioether (sulfide) groups is 1. The maximum Gasteiger partial charge on any atom is 0.0372 e. The van der Waals surface area contributed by atoms with Crippen molar-refractivity contribution < 1.29 is 0 Å². The first kappa shape index (κ1) is 14.5. The molecule has 0 spiro atoms. The lowest BCUT2D eigenvalue weighted by molar-refractivity contribution is 0.250. The normalized spacial score (nSPS) is 11.4. The van der Waals surface area contributed by atoms with Gasteiger partial charge in [0.1, 0.15) is 0 Å². The molecular weight excluding hydrogens is 228 g/mol. The predicted molar refractivity (Wildman–Crippen MR) is 77.5 cm³/mol. The Morgan fingerprint density at radius 3 is 2.65 bits per heavy atom. The molecule has 0 radical (unpaired) electrons. The van der Waals surface area contributed by atoms with Crippen molar-refractivity contribution in [2.75, 3.05) is 25.1 Å². The second-order valence-corrected chi connectivity index (χ2v) is 5.92. The molecule has 0 N–H and O–H groups in total. The van der Waals surface area contributed by atoms with E-state index in [0.717, 1.165) is 31.2 Å². The number of aromatic nitrogens is 1. The lowest BCUT2D eigenvalue weighted by atomic mass is 10.2. The van der Waals surface area contributed by atoms with E-state index >= 15 is 0 Å². The van der Waals surface area contributed by atoms with Gasteiger partial charge in [0.25, 0.3) is 0 Å². The third kappa shape index (κ3) is 6.08. The summed E-state index contributed by atoms with van der Waals surface area (Å²) in [5.41, 5.74) is 2.41. The minimum atomic E-state index is 0.718. The van der Waals surface area contributed by atoms with Gasteiger partial charge in [-0.15, -0.1) is 0 Å². The van der Waals surface area contributed by atoms with Crippen LogP contribution in [0.15, 0.2) is 18.3 Å². The average Bonchev–Trinajstić information content (AvgIpc) is 2.28. The van der Waals surface area contributed by atoms with Crippen molar-refractivity contribution >= 4 is 11.8 Å². The molecule has 0 atom stereocenters. The number of aryl methyl sites for hydroxylation is 1. The van der Waals surface area contributed by atoms with E-state index in [4.69, 9.17) is 0 Å². The quantitative estimate of drug-likeness (QED) is 0.741. The van der Waals surface area contributed by atoms with E-state index in [0.29, 0.717) is 0 Å². The summed E-state index contributed by atoms with van der Waals surface area (Å²) in [6, 6.07) is 4.28. The van der Waals surface area contributed by atoms with Crippen LogP contribution in [0.3, 0.4) is 0 Å². The Labute approximate surface area is 110 Å². The zero-order valence-corrected chi connectivity index (χ0v) is 12.3. The predicted octanol–water partition coefficient (Wildman–Crippen LogP) is 3.21. The number of rotatable bonds is 7. The first-order valence-corrected chi connectivity index (χ1v) is 7.64. The molecular formula is C14H24N2S. The summed E-state index contributed by atoms with van der Waals surface area (Å²) in [6.45, 7) is 9.93. The van der Waals surface area contributed by atoms with Crippen LogP contribution in [0.25, 0.3) is 0 Å². The van der Waals surface area contributed by atoms with Crippen LogP contribution >= 0.6 is 11.8 Å². The summed E-state index contributed by atoms with van der Waals surface area (Å²) in [6.07, 6.45) is 4.17. The van der Waals surface area contributed by atoms with Crippen LogP contribution < -0.4 is 0 Å². The Morgan fingerprint density at radius 2 is 2.12 bits per heavy atom. The highest BCUT2D eigenvalue weighted by molar-refractivity contribution is 7.98. The average molecular weight is 252 g/mol. The van der Waals surface area contributed by atoms with E-state index < -0.39 is 0 Å². The molecule has 0 aliphatic carbocycles. The van der Waals surface area contributed by atoms with E-state index in [1.54, 1.807) is 0 Å². The maximum atomic E-state index is 4.36. The van der Waals surface area contributed by atoms with Crippen LogP contribution in [-0.4, -0.2) is 35.0 Å². The van der Waals surface area contributed by atoms with Crippen LogP contribution in [0, 0.1) is 12.8 Å². The summed E-state index contributed by atoms with van der Waals surface area (Å²) in [7, 11) is 0. The summed E-state index contributed by atoms with van der Waals surface area (Å²) >= 11 is 1.91. The standard InChI is InChI=1S/C14H24N2S/c1-12(2)10-16(7-8-17-4)11-14-6-5-13(3)15-9-14/h5-6,9,12H,7-8,10-11H2,1-4H3. The Kier molecular flexibility index (Phi) is 6.60. The Morgan fingerprint density at radius 1 is 1.35 bits per heavy atom. The minimum absolute atomic E-state index is 0.718. The van der Waals surface area contributed by atoms with E-state index in [2.05, 4.69) is 42.1 Å². The molecule has 0 saturated heterocycles. The molecule has 0 aliphatic heterocycles. The highest BCUT2D eigenvalue weighted by Crippen LogP contribution is 2.08. The first-order valence-electron chi connectivity index (χ1n) is 6.24. The summed E-state index contributed by atoms with van der Waals surface area (Å²) < 4.78 is 0. The molecule has 3 heteroatoms. The smallest absolute Gasteiger partial charge is 0.0372 e. The molecule has 0 aliphatic rings. The van der Waals surface area contributed by atoms with Crippen molar-refractivity contribution in [3.63, 3.8) is 0 Å². The number of pyridine rings is 1. The van der Waals surface area contributed by atoms with Crippen LogP contribution in [0.2, 0.25) is 0 Å². The molecule has 96 valence electrons. The van der Waals surface area contributed by atoms with Gasteiger partial charge in [-0.3, -0.25) is 9.88 Å². The van der Waals surface area contributed by atoms with Gasteiger partial charge in [0.05, 0.1) is 0 Å². The van der Waals surface area contributed by atoms with Crippen molar-refractivity contribution in [2.45, 2.75) is 27.3 Å². The Balaban J connectivity index is 2.54. The molecule has 0 aromatic carbocycles. The molecule has 0 unspecified atom stereocenters. The van der Waals surface area contributed by atoms with Gasteiger partial charge >= 0.3 is 0 Å². The van der Waals surface area contributed by atoms with Gasteiger partial charge < -0.3 is 0 Å². The summed E-state index contributed by atoms with van der Waals surface area (Å²) in [5, 5.41) is 0. The van der Waals surface area contributed by atoms with Crippen LogP contribution in [0.5, 0.6) is 0 Å². The number of hydrogen-bond acceptors (Lipinski definition) is 3. The van der Waals surface area contributed by atoms with Crippen molar-refractivity contribution in [3.05, 3.63) is 29.6 Å². The lowest BCUT2D eigenvalue weighted by Crippen LogP contribution is -2.29. The second kappa shape index (κ2) is 7.72. The van der Waals surface area contributed by atoms with Crippen molar-refractivity contribution in [1.29, 1.82) is 0 Å². The van der Waals surface area contributed by atoms with E-state index in [1.807, 2.05) is 24.9 Å². The third-order valence-electron chi connectivity index (χ3n) is 2.61.